The summed E-state index contributed by atoms with van der Waals surface area (Å²) in [4.78, 5) is 14.3. The maximum absolute atomic E-state index is 9.59. The number of nitrogens with zero attached hydrogens (tertiary/aromatic N) is 4. The molecule has 0 spiro atoms. The molecule has 1 saturated heterocycles. The lowest BCUT2D eigenvalue weighted by atomic mass is 9.92. The Bertz CT molecular complexity index is 761. The number of aliphatic hydroxyl groups is 1. The van der Waals surface area contributed by atoms with Crippen molar-refractivity contribution < 1.29 is 5.11 Å². The number of piperazine rings is 1. The summed E-state index contributed by atoms with van der Waals surface area (Å²) in [7, 11) is 0. The third kappa shape index (κ3) is 5.34. The molecule has 2 heterocycles. The molecule has 4 rings (SSSR count). The monoisotopic (exact) mass is 414 g/mol. The molecule has 0 unspecified atom stereocenters. The van der Waals surface area contributed by atoms with E-state index in [4.69, 9.17) is 11.6 Å². The van der Waals surface area contributed by atoms with E-state index in [1.807, 2.05) is 36.7 Å². The molecule has 1 saturated carbocycles. The number of benzene rings is 1. The SMILES string of the molecule is OCC[C@@H]1CN(Cc2cnc(-c3ccc(Cl)cc3)nc2)CCN1C1CCCCC1. The predicted octanol–water partition coefficient (Wildman–Crippen LogP) is 4.00. The van der Waals surface area contributed by atoms with Gasteiger partial charge in [0.2, 0.25) is 0 Å². The number of hydrogen-bond acceptors (Lipinski definition) is 5. The van der Waals surface area contributed by atoms with Crippen LogP contribution in [0.5, 0.6) is 0 Å². The second-order valence-corrected chi connectivity index (χ2v) is 8.79. The molecule has 29 heavy (non-hydrogen) atoms. The summed E-state index contributed by atoms with van der Waals surface area (Å²) in [6.45, 7) is 4.30. The Morgan fingerprint density at radius 2 is 1.72 bits per heavy atom. The number of aromatic nitrogens is 2. The van der Waals surface area contributed by atoms with Crippen LogP contribution in [0, 0.1) is 0 Å². The van der Waals surface area contributed by atoms with Gasteiger partial charge in [-0.3, -0.25) is 9.80 Å². The molecule has 0 bridgehead atoms. The fraction of sp³-hybridized carbons (Fsp3) is 0.565. The maximum Gasteiger partial charge on any atom is 0.159 e. The van der Waals surface area contributed by atoms with Gasteiger partial charge in [-0.2, -0.15) is 0 Å². The fourth-order valence-electron chi connectivity index (χ4n) is 4.82. The first-order chi connectivity index (χ1) is 14.2. The van der Waals surface area contributed by atoms with E-state index in [-0.39, 0.29) is 6.61 Å². The van der Waals surface area contributed by atoms with Gasteiger partial charge >= 0.3 is 0 Å². The zero-order valence-corrected chi connectivity index (χ0v) is 17.8. The molecule has 2 fully saturated rings. The Morgan fingerprint density at radius 3 is 2.41 bits per heavy atom. The second-order valence-electron chi connectivity index (χ2n) is 8.35. The zero-order valence-electron chi connectivity index (χ0n) is 17.0. The van der Waals surface area contributed by atoms with Crippen molar-refractivity contribution in [2.75, 3.05) is 26.2 Å². The van der Waals surface area contributed by atoms with Crippen LogP contribution in [0.25, 0.3) is 11.4 Å². The quantitative estimate of drug-likeness (QED) is 0.774. The number of hydrogen-bond donors (Lipinski definition) is 1. The van der Waals surface area contributed by atoms with E-state index in [1.165, 1.54) is 32.1 Å². The average Bonchev–Trinajstić information content (AvgIpc) is 2.76. The van der Waals surface area contributed by atoms with Crippen LogP contribution in [-0.2, 0) is 6.54 Å². The predicted molar refractivity (Wildman–Crippen MR) is 117 cm³/mol. The lowest BCUT2D eigenvalue weighted by molar-refractivity contribution is 0.0136. The maximum atomic E-state index is 9.59. The highest BCUT2D eigenvalue weighted by Crippen LogP contribution is 2.27. The molecule has 0 radical (unpaired) electrons. The van der Waals surface area contributed by atoms with Gasteiger partial charge in [-0.15, -0.1) is 0 Å². The molecule has 1 atom stereocenters. The first kappa shape index (κ1) is 20.7. The van der Waals surface area contributed by atoms with Crippen LogP contribution in [0.1, 0.15) is 44.1 Å². The molecule has 2 aromatic rings. The second kappa shape index (κ2) is 9.98. The largest absolute Gasteiger partial charge is 0.396 e. The minimum Gasteiger partial charge on any atom is -0.396 e. The summed E-state index contributed by atoms with van der Waals surface area (Å²) in [5.74, 6) is 0.727. The third-order valence-corrected chi connectivity index (χ3v) is 6.58. The average molecular weight is 415 g/mol. The Hall–Kier alpha value is -1.53. The van der Waals surface area contributed by atoms with Crippen LogP contribution in [0.2, 0.25) is 5.02 Å². The summed E-state index contributed by atoms with van der Waals surface area (Å²) in [5, 5.41) is 10.3. The minimum atomic E-state index is 0.265. The molecule has 1 N–H and O–H groups in total. The highest BCUT2D eigenvalue weighted by molar-refractivity contribution is 6.30. The Morgan fingerprint density at radius 1 is 1.00 bits per heavy atom. The van der Waals surface area contributed by atoms with E-state index < -0.39 is 0 Å². The molecule has 1 aliphatic heterocycles. The van der Waals surface area contributed by atoms with Crippen molar-refractivity contribution in [3.8, 4) is 11.4 Å². The van der Waals surface area contributed by atoms with Crippen molar-refractivity contribution in [3.63, 3.8) is 0 Å². The van der Waals surface area contributed by atoms with Gasteiger partial charge in [0.15, 0.2) is 5.82 Å². The van der Waals surface area contributed by atoms with E-state index in [0.29, 0.717) is 12.1 Å². The van der Waals surface area contributed by atoms with Crippen LogP contribution in [-0.4, -0.2) is 63.2 Å². The molecule has 1 aliphatic carbocycles. The lowest BCUT2D eigenvalue weighted by Gasteiger charge is -2.46. The van der Waals surface area contributed by atoms with Crippen molar-refractivity contribution in [2.24, 2.45) is 0 Å². The Balaban J connectivity index is 1.37. The van der Waals surface area contributed by atoms with Crippen molar-refractivity contribution in [1.82, 2.24) is 19.8 Å². The van der Waals surface area contributed by atoms with Gasteiger partial charge in [-0.1, -0.05) is 30.9 Å². The summed E-state index contributed by atoms with van der Waals surface area (Å²) in [5.41, 5.74) is 2.11. The van der Waals surface area contributed by atoms with Gasteiger partial charge in [0.25, 0.3) is 0 Å². The van der Waals surface area contributed by atoms with Gasteiger partial charge in [-0.05, 0) is 43.5 Å². The molecular formula is C23H31ClN4O. The first-order valence-electron chi connectivity index (χ1n) is 10.9. The van der Waals surface area contributed by atoms with Crippen molar-refractivity contribution in [1.29, 1.82) is 0 Å². The minimum absolute atomic E-state index is 0.265. The van der Waals surface area contributed by atoms with Crippen molar-refractivity contribution in [3.05, 3.63) is 47.2 Å². The van der Waals surface area contributed by atoms with Crippen molar-refractivity contribution in [2.45, 2.75) is 57.2 Å². The first-order valence-corrected chi connectivity index (χ1v) is 11.3. The Kier molecular flexibility index (Phi) is 7.14. The van der Waals surface area contributed by atoms with Crippen LogP contribution >= 0.6 is 11.6 Å². The summed E-state index contributed by atoms with van der Waals surface area (Å²) < 4.78 is 0. The summed E-state index contributed by atoms with van der Waals surface area (Å²) in [6, 6.07) is 8.78. The van der Waals surface area contributed by atoms with E-state index in [1.54, 1.807) is 0 Å². The van der Waals surface area contributed by atoms with Crippen LogP contribution < -0.4 is 0 Å². The van der Waals surface area contributed by atoms with E-state index in [9.17, 15) is 5.11 Å². The van der Waals surface area contributed by atoms with Crippen LogP contribution in [0.4, 0.5) is 0 Å². The molecule has 1 aromatic heterocycles. The molecular weight excluding hydrogens is 384 g/mol. The van der Waals surface area contributed by atoms with Gasteiger partial charge in [0, 0.05) is 73.4 Å². The third-order valence-electron chi connectivity index (χ3n) is 6.33. The van der Waals surface area contributed by atoms with E-state index in [0.717, 1.165) is 54.6 Å². The molecule has 1 aromatic carbocycles. The van der Waals surface area contributed by atoms with Gasteiger partial charge < -0.3 is 5.11 Å². The number of aliphatic hydroxyl groups excluding tert-OH is 1. The normalized spacial score (nSPS) is 22.1. The van der Waals surface area contributed by atoms with E-state index in [2.05, 4.69) is 19.8 Å². The van der Waals surface area contributed by atoms with Gasteiger partial charge in [0.1, 0.15) is 0 Å². The molecule has 2 aliphatic rings. The topological polar surface area (TPSA) is 52.5 Å². The molecule has 6 heteroatoms. The highest BCUT2D eigenvalue weighted by Gasteiger charge is 2.32. The summed E-state index contributed by atoms with van der Waals surface area (Å²) in [6.07, 6.45) is 11.5. The molecule has 0 amide bonds. The van der Waals surface area contributed by atoms with E-state index >= 15 is 0 Å². The van der Waals surface area contributed by atoms with Crippen molar-refractivity contribution >= 4 is 11.6 Å². The Labute approximate surface area is 178 Å². The number of rotatable bonds is 6. The highest BCUT2D eigenvalue weighted by atomic mass is 35.5. The van der Waals surface area contributed by atoms with Crippen LogP contribution in [0.15, 0.2) is 36.7 Å². The smallest absolute Gasteiger partial charge is 0.159 e. The molecule has 156 valence electrons. The zero-order chi connectivity index (χ0) is 20.1. The number of halogens is 1. The molecule has 5 nitrogen and oxygen atoms in total. The van der Waals surface area contributed by atoms with Crippen LogP contribution in [0.3, 0.4) is 0 Å². The fourth-order valence-corrected chi connectivity index (χ4v) is 4.95. The lowest BCUT2D eigenvalue weighted by Crippen LogP contribution is -2.56. The standard InChI is InChI=1S/C23H31ClN4O/c24-20-8-6-19(7-9-20)23-25-14-18(15-26-23)16-27-11-12-28(22(17-27)10-13-29)21-4-2-1-3-5-21/h6-9,14-15,21-22,29H,1-5,10-13,16-17H2/t22-/m1/s1. The van der Waals surface area contributed by atoms with Gasteiger partial charge in [-0.25, -0.2) is 9.97 Å². The summed E-state index contributed by atoms with van der Waals surface area (Å²) >= 11 is 5.96. The van der Waals surface area contributed by atoms with Gasteiger partial charge in [0.05, 0.1) is 0 Å².